The summed E-state index contributed by atoms with van der Waals surface area (Å²) < 4.78 is 9.00. The van der Waals surface area contributed by atoms with Crippen molar-refractivity contribution in [1.82, 2.24) is 0 Å². The third-order valence-electron chi connectivity index (χ3n) is 10.6. The van der Waals surface area contributed by atoms with Gasteiger partial charge >= 0.3 is 0 Å². The summed E-state index contributed by atoms with van der Waals surface area (Å²) >= 11 is 1.85. The number of thiophene rings is 1. The van der Waals surface area contributed by atoms with Crippen molar-refractivity contribution in [3.63, 3.8) is 0 Å². The Balaban J connectivity index is 1.07. The molecule has 248 valence electrons. The quantitative estimate of drug-likeness (QED) is 0.178. The summed E-state index contributed by atoms with van der Waals surface area (Å²) in [6.45, 7) is 0. The molecule has 0 unspecified atom stereocenters. The average Bonchev–Trinajstić information content (AvgIpc) is 3.79. The summed E-state index contributed by atoms with van der Waals surface area (Å²) in [5.41, 5.74) is 9.96. The van der Waals surface area contributed by atoms with Crippen molar-refractivity contribution in [3.8, 4) is 22.3 Å². The Bertz CT molecular complexity index is 3160. The standard InChI is InChI=1S/C50H31NOS/c1-2-12-36-31-46-43(30-35(36)11-1)49-41(17-8-19-45(49)52-46)34-24-28-38(29-25-34)51(44-18-9-21-48-50(44)42-15-5-6-20-47(42)53-48)37-26-22-33(23-27-37)40-16-7-13-32-10-3-4-14-39(32)40/h1-31H. The third kappa shape index (κ3) is 4.86. The molecule has 53 heavy (non-hydrogen) atoms. The molecule has 2 nitrogen and oxygen atoms in total. The second-order valence-electron chi connectivity index (χ2n) is 13.7. The summed E-state index contributed by atoms with van der Waals surface area (Å²) in [7, 11) is 0. The van der Waals surface area contributed by atoms with Gasteiger partial charge in [0, 0.05) is 42.3 Å². The van der Waals surface area contributed by atoms with Crippen molar-refractivity contribution in [2.75, 3.05) is 4.90 Å². The molecule has 0 amide bonds. The highest BCUT2D eigenvalue weighted by atomic mass is 32.1. The Morgan fingerprint density at radius 3 is 1.75 bits per heavy atom. The van der Waals surface area contributed by atoms with Crippen LogP contribution in [-0.2, 0) is 0 Å². The molecule has 0 saturated heterocycles. The first-order valence-electron chi connectivity index (χ1n) is 18.0. The van der Waals surface area contributed by atoms with Crippen LogP contribution in [0.3, 0.4) is 0 Å². The van der Waals surface area contributed by atoms with E-state index in [9.17, 15) is 0 Å². The van der Waals surface area contributed by atoms with Gasteiger partial charge in [-0.1, -0.05) is 127 Å². The number of rotatable bonds is 5. The zero-order valence-electron chi connectivity index (χ0n) is 28.7. The van der Waals surface area contributed by atoms with Crippen molar-refractivity contribution >= 4 is 92.1 Å². The lowest BCUT2D eigenvalue weighted by Gasteiger charge is -2.27. The van der Waals surface area contributed by atoms with Gasteiger partial charge in [-0.3, -0.25) is 0 Å². The third-order valence-corrected chi connectivity index (χ3v) is 11.8. The van der Waals surface area contributed by atoms with E-state index in [4.69, 9.17) is 4.42 Å². The Labute approximate surface area is 310 Å². The van der Waals surface area contributed by atoms with E-state index in [-0.39, 0.29) is 0 Å². The molecule has 0 aliphatic carbocycles. The van der Waals surface area contributed by atoms with Gasteiger partial charge in [-0.15, -0.1) is 11.3 Å². The summed E-state index contributed by atoms with van der Waals surface area (Å²) in [6.07, 6.45) is 0. The summed E-state index contributed by atoms with van der Waals surface area (Å²) in [5.74, 6) is 0. The smallest absolute Gasteiger partial charge is 0.136 e. The van der Waals surface area contributed by atoms with Gasteiger partial charge in [-0.05, 0) is 104 Å². The second kappa shape index (κ2) is 11.9. The fraction of sp³-hybridized carbons (Fsp3) is 0. The normalized spacial score (nSPS) is 11.8. The molecule has 0 spiro atoms. The number of fused-ring (bicyclic) bond motifs is 8. The summed E-state index contributed by atoms with van der Waals surface area (Å²) in [6, 6.07) is 68.0. The van der Waals surface area contributed by atoms with Gasteiger partial charge in [0.25, 0.3) is 0 Å². The molecule has 9 aromatic carbocycles. The van der Waals surface area contributed by atoms with Crippen molar-refractivity contribution in [3.05, 3.63) is 188 Å². The topological polar surface area (TPSA) is 16.4 Å². The highest BCUT2D eigenvalue weighted by Crippen LogP contribution is 2.46. The molecular weight excluding hydrogens is 663 g/mol. The molecule has 0 N–H and O–H groups in total. The fourth-order valence-electron chi connectivity index (χ4n) is 8.18. The molecule has 11 aromatic rings. The van der Waals surface area contributed by atoms with E-state index in [1.165, 1.54) is 64.1 Å². The first-order valence-corrected chi connectivity index (χ1v) is 18.8. The number of hydrogen-bond donors (Lipinski definition) is 0. The van der Waals surface area contributed by atoms with Crippen molar-refractivity contribution < 1.29 is 4.42 Å². The molecular formula is C50H31NOS. The maximum atomic E-state index is 6.43. The van der Waals surface area contributed by atoms with Gasteiger partial charge < -0.3 is 9.32 Å². The van der Waals surface area contributed by atoms with E-state index in [0.29, 0.717) is 0 Å². The lowest BCUT2D eigenvalue weighted by Crippen LogP contribution is -2.10. The number of anilines is 3. The lowest BCUT2D eigenvalue weighted by molar-refractivity contribution is 0.669. The number of nitrogens with zero attached hydrogens (tertiary/aromatic N) is 1. The van der Waals surface area contributed by atoms with Crippen LogP contribution in [0.15, 0.2) is 192 Å². The van der Waals surface area contributed by atoms with E-state index in [1.54, 1.807) is 0 Å². The van der Waals surface area contributed by atoms with E-state index in [2.05, 4.69) is 193 Å². The number of benzene rings is 9. The van der Waals surface area contributed by atoms with E-state index < -0.39 is 0 Å². The predicted molar refractivity (Wildman–Crippen MR) is 227 cm³/mol. The Hall–Kier alpha value is -6.68. The molecule has 0 radical (unpaired) electrons. The minimum atomic E-state index is 0.904. The van der Waals surface area contributed by atoms with Gasteiger partial charge in [-0.25, -0.2) is 0 Å². The highest BCUT2D eigenvalue weighted by molar-refractivity contribution is 7.26. The molecule has 2 heterocycles. The van der Waals surface area contributed by atoms with Crippen LogP contribution < -0.4 is 4.90 Å². The van der Waals surface area contributed by atoms with Gasteiger partial charge in [0.05, 0.1) is 5.69 Å². The van der Waals surface area contributed by atoms with E-state index >= 15 is 0 Å². The molecule has 0 aliphatic heterocycles. The molecule has 0 saturated carbocycles. The minimum absolute atomic E-state index is 0.904. The summed E-state index contributed by atoms with van der Waals surface area (Å²) in [5, 5.41) is 9.75. The molecule has 0 fully saturated rings. The zero-order valence-corrected chi connectivity index (χ0v) is 29.5. The number of furan rings is 1. The van der Waals surface area contributed by atoms with Crippen LogP contribution in [0.2, 0.25) is 0 Å². The van der Waals surface area contributed by atoms with Crippen molar-refractivity contribution in [2.45, 2.75) is 0 Å². The Kier molecular flexibility index (Phi) is 6.76. The van der Waals surface area contributed by atoms with Crippen molar-refractivity contribution in [1.29, 1.82) is 0 Å². The van der Waals surface area contributed by atoms with Crippen LogP contribution in [0.4, 0.5) is 17.1 Å². The first-order chi connectivity index (χ1) is 26.3. The predicted octanol–water partition coefficient (Wildman–Crippen LogP) is 15.1. The number of hydrogen-bond acceptors (Lipinski definition) is 3. The Morgan fingerprint density at radius 1 is 0.377 bits per heavy atom. The van der Waals surface area contributed by atoms with Gasteiger partial charge in [-0.2, -0.15) is 0 Å². The SMILES string of the molecule is c1ccc2cc3c(cc2c1)oc1cccc(-c2ccc(N(c4ccc(-c5cccc6ccccc56)cc4)c4cccc5sc6ccccc6c45)cc2)c13. The molecule has 3 heteroatoms. The first kappa shape index (κ1) is 30.0. The minimum Gasteiger partial charge on any atom is -0.456 e. The lowest BCUT2D eigenvalue weighted by atomic mass is 9.97. The van der Waals surface area contributed by atoms with Crippen LogP contribution in [0.25, 0.3) is 85.9 Å². The second-order valence-corrected chi connectivity index (χ2v) is 14.8. The van der Waals surface area contributed by atoms with Crippen molar-refractivity contribution in [2.24, 2.45) is 0 Å². The van der Waals surface area contributed by atoms with Crippen LogP contribution in [0.1, 0.15) is 0 Å². The zero-order chi connectivity index (χ0) is 34.9. The molecule has 2 aromatic heterocycles. The van der Waals surface area contributed by atoms with Gasteiger partial charge in [0.15, 0.2) is 0 Å². The van der Waals surface area contributed by atoms with Crippen LogP contribution in [-0.4, -0.2) is 0 Å². The van der Waals surface area contributed by atoms with E-state index in [0.717, 1.165) is 38.9 Å². The molecule has 0 aliphatic rings. The maximum Gasteiger partial charge on any atom is 0.136 e. The maximum absolute atomic E-state index is 6.43. The largest absolute Gasteiger partial charge is 0.456 e. The molecule has 0 bridgehead atoms. The van der Waals surface area contributed by atoms with Gasteiger partial charge in [0.1, 0.15) is 11.2 Å². The molecule has 11 rings (SSSR count). The monoisotopic (exact) mass is 693 g/mol. The van der Waals surface area contributed by atoms with Crippen LogP contribution in [0.5, 0.6) is 0 Å². The Morgan fingerprint density at radius 2 is 0.962 bits per heavy atom. The van der Waals surface area contributed by atoms with Gasteiger partial charge in [0.2, 0.25) is 0 Å². The highest BCUT2D eigenvalue weighted by Gasteiger charge is 2.20. The van der Waals surface area contributed by atoms with Crippen LogP contribution in [0, 0.1) is 0 Å². The average molecular weight is 694 g/mol. The van der Waals surface area contributed by atoms with E-state index in [1.807, 2.05) is 11.3 Å². The summed E-state index contributed by atoms with van der Waals surface area (Å²) in [4.78, 5) is 2.41. The van der Waals surface area contributed by atoms with Crippen LogP contribution >= 0.6 is 11.3 Å². The fourth-order valence-corrected chi connectivity index (χ4v) is 9.31. The molecule has 0 atom stereocenters.